The van der Waals surface area contributed by atoms with Crippen LogP contribution >= 0.6 is 0 Å². The number of carbonyl (C=O) groups is 1. The number of benzene rings is 1. The molecule has 3 aromatic rings. The Bertz CT molecular complexity index is 760. The highest BCUT2D eigenvalue weighted by Gasteiger charge is 2.14. The minimum absolute atomic E-state index is 0.0125. The first-order valence-electron chi connectivity index (χ1n) is 6.05. The summed E-state index contributed by atoms with van der Waals surface area (Å²) in [4.78, 5) is 20.8. The van der Waals surface area contributed by atoms with E-state index in [1.165, 1.54) is 0 Å². The molecule has 0 aliphatic rings. The number of nitrogens with zero attached hydrogens (tertiary/aromatic N) is 2. The topological polar surface area (TPSA) is 42.9 Å². The monoisotopic (exact) mass is 248 g/mol. The van der Waals surface area contributed by atoms with Crippen molar-refractivity contribution >= 4 is 16.6 Å². The van der Waals surface area contributed by atoms with E-state index in [0.717, 1.165) is 16.3 Å². The SMILES string of the molecule is Cc1cnccc1C(=O)c1cccc2ccncc12. The maximum atomic E-state index is 12.6. The first kappa shape index (κ1) is 11.5. The van der Waals surface area contributed by atoms with Crippen molar-refractivity contribution in [1.29, 1.82) is 0 Å². The Morgan fingerprint density at radius 2 is 1.74 bits per heavy atom. The summed E-state index contributed by atoms with van der Waals surface area (Å²) in [5.74, 6) is 0.0125. The Morgan fingerprint density at radius 3 is 2.58 bits per heavy atom. The molecular weight excluding hydrogens is 236 g/mol. The van der Waals surface area contributed by atoms with Crippen LogP contribution in [0.15, 0.2) is 55.1 Å². The normalized spacial score (nSPS) is 10.6. The number of aryl methyl sites for hydroxylation is 1. The molecule has 0 spiro atoms. The lowest BCUT2D eigenvalue weighted by Crippen LogP contribution is -2.04. The van der Waals surface area contributed by atoms with Gasteiger partial charge in [-0.15, -0.1) is 0 Å². The third-order valence-electron chi connectivity index (χ3n) is 3.19. The molecule has 0 unspecified atom stereocenters. The fraction of sp³-hybridized carbons (Fsp3) is 0.0625. The van der Waals surface area contributed by atoms with Crippen LogP contribution < -0.4 is 0 Å². The molecule has 0 aliphatic carbocycles. The molecule has 0 atom stereocenters. The van der Waals surface area contributed by atoms with E-state index in [9.17, 15) is 4.79 Å². The number of aromatic nitrogens is 2. The minimum Gasteiger partial charge on any atom is -0.289 e. The van der Waals surface area contributed by atoms with Gasteiger partial charge in [0.05, 0.1) is 0 Å². The quantitative estimate of drug-likeness (QED) is 0.654. The van der Waals surface area contributed by atoms with Gasteiger partial charge in [-0.25, -0.2) is 0 Å². The summed E-state index contributed by atoms with van der Waals surface area (Å²) in [6.45, 7) is 1.89. The molecule has 0 fully saturated rings. The molecule has 0 radical (unpaired) electrons. The molecular formula is C16H12N2O. The highest BCUT2D eigenvalue weighted by molar-refractivity contribution is 6.16. The van der Waals surface area contributed by atoms with Crippen LogP contribution in [0.5, 0.6) is 0 Å². The molecule has 0 saturated carbocycles. The molecule has 92 valence electrons. The van der Waals surface area contributed by atoms with Gasteiger partial charge in [0.15, 0.2) is 5.78 Å². The summed E-state index contributed by atoms with van der Waals surface area (Å²) in [7, 11) is 0. The summed E-state index contributed by atoms with van der Waals surface area (Å²) in [6, 6.07) is 9.38. The lowest BCUT2D eigenvalue weighted by atomic mass is 9.97. The summed E-state index contributed by atoms with van der Waals surface area (Å²) < 4.78 is 0. The van der Waals surface area contributed by atoms with E-state index in [4.69, 9.17) is 0 Å². The molecule has 2 aromatic heterocycles. The predicted octanol–water partition coefficient (Wildman–Crippen LogP) is 3.17. The third kappa shape index (κ3) is 1.99. The van der Waals surface area contributed by atoms with Gasteiger partial charge in [0.25, 0.3) is 0 Å². The standard InChI is InChI=1S/C16H12N2O/c1-11-9-17-8-6-13(11)16(19)14-4-2-3-12-5-7-18-10-15(12)14/h2-10H,1H3. The molecule has 3 heteroatoms. The first-order valence-corrected chi connectivity index (χ1v) is 6.05. The number of ketones is 1. The van der Waals surface area contributed by atoms with Crippen LogP contribution in [0.2, 0.25) is 0 Å². The Labute approximate surface area is 111 Å². The van der Waals surface area contributed by atoms with Gasteiger partial charge in [0.1, 0.15) is 0 Å². The number of hydrogen-bond donors (Lipinski definition) is 0. The molecule has 2 heterocycles. The Kier molecular flexibility index (Phi) is 2.80. The van der Waals surface area contributed by atoms with Crippen molar-refractivity contribution in [3.05, 3.63) is 71.8 Å². The van der Waals surface area contributed by atoms with E-state index in [1.807, 2.05) is 31.2 Å². The van der Waals surface area contributed by atoms with Crippen molar-refractivity contribution in [2.24, 2.45) is 0 Å². The van der Waals surface area contributed by atoms with Crippen molar-refractivity contribution in [3.63, 3.8) is 0 Å². The van der Waals surface area contributed by atoms with Gasteiger partial charge in [-0.05, 0) is 30.0 Å². The van der Waals surface area contributed by atoms with Crippen molar-refractivity contribution in [2.75, 3.05) is 0 Å². The van der Waals surface area contributed by atoms with Gasteiger partial charge in [0.2, 0.25) is 0 Å². The fourth-order valence-electron chi connectivity index (χ4n) is 2.18. The number of hydrogen-bond acceptors (Lipinski definition) is 3. The third-order valence-corrected chi connectivity index (χ3v) is 3.19. The van der Waals surface area contributed by atoms with Crippen molar-refractivity contribution in [3.8, 4) is 0 Å². The lowest BCUT2D eigenvalue weighted by molar-refractivity contribution is 0.103. The fourth-order valence-corrected chi connectivity index (χ4v) is 2.18. The molecule has 0 saturated heterocycles. The largest absolute Gasteiger partial charge is 0.289 e. The van der Waals surface area contributed by atoms with Gasteiger partial charge in [-0.2, -0.15) is 0 Å². The van der Waals surface area contributed by atoms with E-state index in [2.05, 4.69) is 9.97 Å². The number of rotatable bonds is 2. The van der Waals surface area contributed by atoms with Crippen molar-refractivity contribution in [2.45, 2.75) is 6.92 Å². The summed E-state index contributed by atoms with van der Waals surface area (Å²) in [6.07, 6.45) is 6.81. The van der Waals surface area contributed by atoms with E-state index in [-0.39, 0.29) is 5.78 Å². The zero-order chi connectivity index (χ0) is 13.2. The Hall–Kier alpha value is -2.55. The lowest BCUT2D eigenvalue weighted by Gasteiger charge is -2.07. The zero-order valence-corrected chi connectivity index (χ0v) is 10.5. The van der Waals surface area contributed by atoms with Gasteiger partial charge in [-0.3, -0.25) is 14.8 Å². The van der Waals surface area contributed by atoms with Crippen LogP contribution in [-0.2, 0) is 0 Å². The molecule has 0 bridgehead atoms. The van der Waals surface area contributed by atoms with Crippen LogP contribution in [-0.4, -0.2) is 15.8 Å². The van der Waals surface area contributed by atoms with E-state index < -0.39 is 0 Å². The van der Waals surface area contributed by atoms with Crippen LogP contribution in [0, 0.1) is 6.92 Å². The second kappa shape index (κ2) is 4.61. The highest BCUT2D eigenvalue weighted by atomic mass is 16.1. The minimum atomic E-state index is 0.0125. The van der Waals surface area contributed by atoms with Crippen molar-refractivity contribution in [1.82, 2.24) is 9.97 Å². The van der Waals surface area contributed by atoms with Crippen LogP contribution in [0.25, 0.3) is 10.8 Å². The zero-order valence-electron chi connectivity index (χ0n) is 10.5. The molecule has 0 amide bonds. The van der Waals surface area contributed by atoms with Gasteiger partial charge < -0.3 is 0 Å². The Morgan fingerprint density at radius 1 is 0.947 bits per heavy atom. The average molecular weight is 248 g/mol. The van der Waals surface area contributed by atoms with Gasteiger partial charge in [-0.1, -0.05) is 18.2 Å². The van der Waals surface area contributed by atoms with E-state index in [0.29, 0.717) is 11.1 Å². The molecule has 3 rings (SSSR count). The number of carbonyl (C=O) groups excluding carboxylic acids is 1. The summed E-state index contributed by atoms with van der Waals surface area (Å²) >= 11 is 0. The summed E-state index contributed by atoms with van der Waals surface area (Å²) in [5, 5.41) is 1.90. The van der Waals surface area contributed by atoms with Gasteiger partial charge >= 0.3 is 0 Å². The molecule has 1 aromatic carbocycles. The number of fused-ring (bicyclic) bond motifs is 1. The smallest absolute Gasteiger partial charge is 0.194 e. The van der Waals surface area contributed by atoms with Crippen LogP contribution in [0.4, 0.5) is 0 Å². The van der Waals surface area contributed by atoms with Crippen LogP contribution in [0.3, 0.4) is 0 Å². The average Bonchev–Trinajstić information content (AvgIpc) is 2.46. The second-order valence-corrected chi connectivity index (χ2v) is 4.42. The predicted molar refractivity (Wildman–Crippen MR) is 74.1 cm³/mol. The van der Waals surface area contributed by atoms with Gasteiger partial charge in [0, 0.05) is 41.3 Å². The van der Waals surface area contributed by atoms with E-state index >= 15 is 0 Å². The number of pyridine rings is 2. The van der Waals surface area contributed by atoms with Crippen LogP contribution in [0.1, 0.15) is 21.5 Å². The molecule has 0 aliphatic heterocycles. The van der Waals surface area contributed by atoms with Crippen molar-refractivity contribution < 1.29 is 4.79 Å². The second-order valence-electron chi connectivity index (χ2n) is 4.42. The first-order chi connectivity index (χ1) is 9.27. The maximum absolute atomic E-state index is 12.6. The summed E-state index contributed by atoms with van der Waals surface area (Å²) in [5.41, 5.74) is 2.25. The molecule has 3 nitrogen and oxygen atoms in total. The molecule has 19 heavy (non-hydrogen) atoms. The van der Waals surface area contributed by atoms with E-state index in [1.54, 1.807) is 30.9 Å². The maximum Gasteiger partial charge on any atom is 0.194 e. The highest BCUT2D eigenvalue weighted by Crippen LogP contribution is 2.21. The Balaban J connectivity index is 2.20. The molecule has 0 N–H and O–H groups in total.